The van der Waals surface area contributed by atoms with E-state index in [9.17, 15) is 0 Å². The first-order chi connectivity index (χ1) is 17.3. The van der Waals surface area contributed by atoms with Gasteiger partial charge in [-0.05, 0) is 18.6 Å². The molecule has 0 bridgehead atoms. The van der Waals surface area contributed by atoms with Gasteiger partial charge in [0.1, 0.15) is 0 Å². The van der Waals surface area contributed by atoms with E-state index >= 15 is 0 Å². The Labute approximate surface area is 210 Å². The fourth-order valence-corrected chi connectivity index (χ4v) is 4.74. The Morgan fingerprint density at radius 2 is 1.46 bits per heavy atom. The van der Waals surface area contributed by atoms with Crippen molar-refractivity contribution in [2.24, 2.45) is 0 Å². The molecule has 0 saturated carbocycles. The predicted octanol–water partition coefficient (Wildman–Crippen LogP) is 7.23. The SMILES string of the molecule is CCCCCCCCCCCCn1cnc(CCNCc2ccc3ccc4cccnc4c3n2)c1. The zero-order valence-corrected chi connectivity index (χ0v) is 21.4. The fraction of sp³-hybridized carbons (Fsp3) is 0.500. The zero-order chi connectivity index (χ0) is 24.1. The number of benzene rings is 1. The molecule has 0 aliphatic heterocycles. The number of hydrogen-bond acceptors (Lipinski definition) is 4. The first kappa shape index (κ1) is 25.3. The molecule has 3 aromatic heterocycles. The van der Waals surface area contributed by atoms with Crippen molar-refractivity contribution < 1.29 is 0 Å². The molecule has 0 radical (unpaired) electrons. The molecule has 0 unspecified atom stereocenters. The van der Waals surface area contributed by atoms with Gasteiger partial charge in [0.15, 0.2) is 0 Å². The summed E-state index contributed by atoms with van der Waals surface area (Å²) in [6.45, 7) is 5.01. The Bertz CT molecular complexity index is 1170. The topological polar surface area (TPSA) is 55.6 Å². The molecule has 0 spiro atoms. The van der Waals surface area contributed by atoms with E-state index in [1.165, 1.54) is 64.2 Å². The van der Waals surface area contributed by atoms with E-state index in [1.54, 1.807) is 0 Å². The van der Waals surface area contributed by atoms with Crippen LogP contribution in [0.25, 0.3) is 21.8 Å². The summed E-state index contributed by atoms with van der Waals surface area (Å²) in [7, 11) is 0. The van der Waals surface area contributed by atoms with Crippen LogP contribution in [0.2, 0.25) is 0 Å². The van der Waals surface area contributed by atoms with Crippen LogP contribution in [0.5, 0.6) is 0 Å². The molecule has 0 aliphatic rings. The van der Waals surface area contributed by atoms with Gasteiger partial charge in [0.25, 0.3) is 0 Å². The highest BCUT2D eigenvalue weighted by atomic mass is 15.0. The van der Waals surface area contributed by atoms with Gasteiger partial charge in [-0.15, -0.1) is 0 Å². The Kier molecular flexibility index (Phi) is 10.1. The van der Waals surface area contributed by atoms with Gasteiger partial charge < -0.3 is 9.88 Å². The Balaban J connectivity index is 1.12. The molecule has 1 aromatic carbocycles. The van der Waals surface area contributed by atoms with Gasteiger partial charge >= 0.3 is 0 Å². The average molecular weight is 472 g/mol. The normalized spacial score (nSPS) is 11.6. The molecule has 5 heteroatoms. The number of fused-ring (bicyclic) bond motifs is 3. The smallest absolute Gasteiger partial charge is 0.0968 e. The molecule has 3 heterocycles. The maximum atomic E-state index is 4.88. The lowest BCUT2D eigenvalue weighted by molar-refractivity contribution is 0.534. The number of aromatic nitrogens is 4. The van der Waals surface area contributed by atoms with Crippen LogP contribution in [0.3, 0.4) is 0 Å². The second-order valence-corrected chi connectivity index (χ2v) is 9.73. The van der Waals surface area contributed by atoms with Crippen LogP contribution in [0.4, 0.5) is 0 Å². The third kappa shape index (κ3) is 7.86. The second kappa shape index (κ2) is 13.9. The molecule has 0 atom stereocenters. The molecule has 0 fully saturated rings. The first-order valence-corrected chi connectivity index (χ1v) is 13.7. The van der Waals surface area contributed by atoms with Gasteiger partial charge in [0.05, 0.1) is 28.7 Å². The minimum absolute atomic E-state index is 0.748. The molecule has 4 rings (SSSR count). The predicted molar refractivity (Wildman–Crippen MR) is 147 cm³/mol. The zero-order valence-electron chi connectivity index (χ0n) is 21.4. The maximum absolute atomic E-state index is 4.88. The van der Waals surface area contributed by atoms with Crippen molar-refractivity contribution in [3.8, 4) is 0 Å². The first-order valence-electron chi connectivity index (χ1n) is 13.7. The van der Waals surface area contributed by atoms with Crippen molar-refractivity contribution >= 4 is 21.8 Å². The van der Waals surface area contributed by atoms with Gasteiger partial charge in [-0.3, -0.25) is 4.98 Å². The van der Waals surface area contributed by atoms with Crippen molar-refractivity contribution in [2.45, 2.75) is 90.6 Å². The van der Waals surface area contributed by atoms with Crippen LogP contribution in [0.15, 0.2) is 55.1 Å². The Morgan fingerprint density at radius 3 is 2.26 bits per heavy atom. The molecular weight excluding hydrogens is 430 g/mol. The molecule has 35 heavy (non-hydrogen) atoms. The van der Waals surface area contributed by atoms with E-state index in [-0.39, 0.29) is 0 Å². The summed E-state index contributed by atoms with van der Waals surface area (Å²) in [5, 5.41) is 5.79. The summed E-state index contributed by atoms with van der Waals surface area (Å²) in [5.41, 5.74) is 4.15. The number of aryl methyl sites for hydroxylation is 1. The van der Waals surface area contributed by atoms with Gasteiger partial charge in [-0.25, -0.2) is 9.97 Å². The molecule has 186 valence electrons. The summed E-state index contributed by atoms with van der Waals surface area (Å²) in [5.74, 6) is 0. The lowest BCUT2D eigenvalue weighted by atomic mass is 10.1. The number of hydrogen-bond donors (Lipinski definition) is 1. The summed E-state index contributed by atoms with van der Waals surface area (Å²) in [6.07, 6.45) is 20.7. The number of rotatable bonds is 16. The second-order valence-electron chi connectivity index (χ2n) is 9.73. The number of pyridine rings is 2. The van der Waals surface area contributed by atoms with Crippen molar-refractivity contribution in [2.75, 3.05) is 6.54 Å². The lowest BCUT2D eigenvalue weighted by Crippen LogP contribution is -2.17. The van der Waals surface area contributed by atoms with E-state index in [1.807, 2.05) is 18.6 Å². The highest BCUT2D eigenvalue weighted by Crippen LogP contribution is 2.22. The molecule has 1 N–H and O–H groups in total. The largest absolute Gasteiger partial charge is 0.337 e. The van der Waals surface area contributed by atoms with E-state index in [0.717, 1.165) is 59.2 Å². The third-order valence-electron chi connectivity index (χ3n) is 6.81. The van der Waals surface area contributed by atoms with E-state index in [4.69, 9.17) is 4.98 Å². The number of nitrogens with one attached hydrogen (secondary N) is 1. The van der Waals surface area contributed by atoms with Crippen molar-refractivity contribution in [3.63, 3.8) is 0 Å². The van der Waals surface area contributed by atoms with Crippen LogP contribution in [0, 0.1) is 0 Å². The summed E-state index contributed by atoms with van der Waals surface area (Å²) >= 11 is 0. The molecule has 5 nitrogen and oxygen atoms in total. The highest BCUT2D eigenvalue weighted by Gasteiger charge is 2.05. The Hall–Kier alpha value is -2.79. The van der Waals surface area contributed by atoms with E-state index in [2.05, 4.69) is 63.3 Å². The summed E-state index contributed by atoms with van der Waals surface area (Å²) in [6, 6.07) is 12.5. The number of imidazole rings is 1. The van der Waals surface area contributed by atoms with Crippen LogP contribution < -0.4 is 5.32 Å². The molecule has 4 aromatic rings. The minimum Gasteiger partial charge on any atom is -0.337 e. The van der Waals surface area contributed by atoms with Crippen molar-refractivity contribution in [1.29, 1.82) is 0 Å². The monoisotopic (exact) mass is 471 g/mol. The lowest BCUT2D eigenvalue weighted by Gasteiger charge is -2.07. The fourth-order valence-electron chi connectivity index (χ4n) is 4.74. The quantitative estimate of drug-likeness (QED) is 0.138. The van der Waals surface area contributed by atoms with Crippen molar-refractivity contribution in [1.82, 2.24) is 24.8 Å². The molecule has 0 saturated heterocycles. The van der Waals surface area contributed by atoms with Crippen LogP contribution >= 0.6 is 0 Å². The third-order valence-corrected chi connectivity index (χ3v) is 6.81. The average Bonchev–Trinajstić information content (AvgIpc) is 3.35. The van der Waals surface area contributed by atoms with Gasteiger partial charge in [-0.2, -0.15) is 0 Å². The van der Waals surface area contributed by atoms with Crippen LogP contribution in [0.1, 0.15) is 82.5 Å². The van der Waals surface area contributed by atoms with Crippen LogP contribution in [-0.4, -0.2) is 26.1 Å². The standard InChI is InChI=1S/C30H41N5/c1-2-3-4-5-6-7-8-9-10-11-21-35-23-28(33-24-35)18-20-31-22-27-17-16-26-15-14-25-13-12-19-32-29(25)30(26)34-27/h12-17,19,23-24,31H,2-11,18,20-22H2,1H3. The summed E-state index contributed by atoms with van der Waals surface area (Å²) in [4.78, 5) is 14.0. The number of nitrogens with zero attached hydrogens (tertiary/aromatic N) is 4. The Morgan fingerprint density at radius 1 is 0.743 bits per heavy atom. The maximum Gasteiger partial charge on any atom is 0.0968 e. The van der Waals surface area contributed by atoms with E-state index in [0.29, 0.717) is 0 Å². The highest BCUT2D eigenvalue weighted by molar-refractivity contribution is 6.02. The molecule has 0 amide bonds. The minimum atomic E-state index is 0.748. The van der Waals surface area contributed by atoms with Gasteiger partial charge in [-0.1, -0.05) is 89.0 Å². The van der Waals surface area contributed by atoms with E-state index < -0.39 is 0 Å². The summed E-state index contributed by atoms with van der Waals surface area (Å²) < 4.78 is 2.25. The van der Waals surface area contributed by atoms with Gasteiger partial charge in [0.2, 0.25) is 0 Å². The molecular formula is C30H41N5. The van der Waals surface area contributed by atoms with Crippen LogP contribution in [-0.2, 0) is 19.5 Å². The van der Waals surface area contributed by atoms with Crippen molar-refractivity contribution in [3.05, 3.63) is 66.5 Å². The molecule has 0 aliphatic carbocycles. The number of unbranched alkanes of at least 4 members (excludes halogenated alkanes) is 9. The van der Waals surface area contributed by atoms with Gasteiger partial charge in [0, 0.05) is 49.2 Å².